The molecule has 0 unspecified atom stereocenters. The van der Waals surface area contributed by atoms with E-state index in [0.717, 1.165) is 27.5 Å². The van der Waals surface area contributed by atoms with Gasteiger partial charge in [0, 0.05) is 10.8 Å². The average Bonchev–Trinajstić information content (AvgIpc) is 2.95. The minimum Gasteiger partial charge on any atom is -0.541 e. The molecule has 0 amide bonds. The summed E-state index contributed by atoms with van der Waals surface area (Å²) in [4.78, 5) is 12.1. The number of carbonyl (C=O) groups excluding carboxylic acids is 1. The van der Waals surface area contributed by atoms with Crippen LogP contribution in [-0.4, -0.2) is 14.1 Å². The standard InChI is InChI=1S/C21H26O3Si/c1-13-15-10-8-9-11-16(15)19(24-25(6,7)21(3,4)5)20-18(13)17(12-23-20)14(2)22/h8-12H,1-7H3. The largest absolute Gasteiger partial charge is 0.541 e. The van der Waals surface area contributed by atoms with Gasteiger partial charge in [0.2, 0.25) is 0 Å². The lowest BCUT2D eigenvalue weighted by Gasteiger charge is -2.36. The molecule has 0 bridgehead atoms. The maximum atomic E-state index is 12.1. The Balaban J connectivity index is 2.40. The molecule has 0 aliphatic rings. The number of fused-ring (bicyclic) bond motifs is 2. The summed E-state index contributed by atoms with van der Waals surface area (Å²) in [6.45, 7) is 14.7. The number of ketones is 1. The van der Waals surface area contributed by atoms with Crippen molar-refractivity contribution in [2.45, 2.75) is 52.8 Å². The Hall–Kier alpha value is -2.07. The maximum Gasteiger partial charge on any atom is 0.250 e. The monoisotopic (exact) mass is 354 g/mol. The molecular weight excluding hydrogens is 328 g/mol. The van der Waals surface area contributed by atoms with Gasteiger partial charge in [-0.05, 0) is 42.9 Å². The van der Waals surface area contributed by atoms with Crippen molar-refractivity contribution in [2.75, 3.05) is 0 Å². The Kier molecular flexibility index (Phi) is 4.07. The number of benzene rings is 2. The average molecular weight is 355 g/mol. The van der Waals surface area contributed by atoms with Crippen molar-refractivity contribution in [2.24, 2.45) is 0 Å². The van der Waals surface area contributed by atoms with Crippen LogP contribution in [0.5, 0.6) is 5.75 Å². The minimum absolute atomic E-state index is 0.00964. The molecule has 0 N–H and O–H groups in total. The second-order valence-corrected chi connectivity index (χ2v) is 13.0. The van der Waals surface area contributed by atoms with Crippen molar-refractivity contribution in [1.82, 2.24) is 0 Å². The van der Waals surface area contributed by atoms with Gasteiger partial charge < -0.3 is 8.84 Å². The van der Waals surface area contributed by atoms with Crippen LogP contribution in [0.25, 0.3) is 21.7 Å². The predicted molar refractivity (Wildman–Crippen MR) is 106 cm³/mol. The fourth-order valence-corrected chi connectivity index (χ4v) is 3.95. The van der Waals surface area contributed by atoms with Crippen molar-refractivity contribution < 1.29 is 13.6 Å². The first-order valence-corrected chi connectivity index (χ1v) is 11.6. The van der Waals surface area contributed by atoms with Crippen LogP contribution in [0.2, 0.25) is 18.1 Å². The van der Waals surface area contributed by atoms with Crippen LogP contribution in [0.1, 0.15) is 43.6 Å². The summed E-state index contributed by atoms with van der Waals surface area (Å²) in [5.41, 5.74) is 2.37. The van der Waals surface area contributed by atoms with Crippen molar-refractivity contribution in [3.63, 3.8) is 0 Å². The predicted octanol–water partition coefficient (Wildman–Crippen LogP) is 6.48. The van der Waals surface area contributed by atoms with Crippen LogP contribution in [0.4, 0.5) is 0 Å². The van der Waals surface area contributed by atoms with E-state index in [1.807, 2.05) is 19.1 Å². The third-order valence-corrected chi connectivity index (χ3v) is 9.82. The molecule has 2 aromatic carbocycles. The highest BCUT2D eigenvalue weighted by Gasteiger charge is 2.40. The molecule has 0 atom stereocenters. The Morgan fingerprint density at radius 1 is 1.12 bits per heavy atom. The molecule has 1 aromatic heterocycles. The molecule has 0 saturated heterocycles. The SMILES string of the molecule is CC(=O)c1coc2c(O[Si](C)(C)C(C)(C)C)c3ccccc3c(C)c12. The number of furan rings is 1. The number of Topliss-reactive ketones (excluding diaryl/α,β-unsaturated/α-hetero) is 1. The highest BCUT2D eigenvalue weighted by atomic mass is 28.4. The van der Waals surface area contributed by atoms with Gasteiger partial charge in [0.1, 0.15) is 6.26 Å². The highest BCUT2D eigenvalue weighted by molar-refractivity contribution is 6.75. The van der Waals surface area contributed by atoms with Crippen molar-refractivity contribution >= 4 is 35.8 Å². The number of hydrogen-bond donors (Lipinski definition) is 0. The molecule has 132 valence electrons. The van der Waals surface area contributed by atoms with E-state index in [0.29, 0.717) is 11.1 Å². The van der Waals surface area contributed by atoms with Gasteiger partial charge in [0.05, 0.1) is 5.56 Å². The van der Waals surface area contributed by atoms with E-state index in [2.05, 4.69) is 46.0 Å². The van der Waals surface area contributed by atoms with Crippen molar-refractivity contribution in [1.29, 1.82) is 0 Å². The van der Waals surface area contributed by atoms with E-state index in [4.69, 9.17) is 8.84 Å². The zero-order valence-electron chi connectivity index (χ0n) is 16.1. The zero-order chi connectivity index (χ0) is 18.6. The molecule has 0 saturated carbocycles. The first kappa shape index (κ1) is 17.7. The third-order valence-electron chi connectivity index (χ3n) is 5.49. The van der Waals surface area contributed by atoms with E-state index < -0.39 is 8.32 Å². The summed E-state index contributed by atoms with van der Waals surface area (Å²) in [6.07, 6.45) is 1.57. The Labute approximate surface area is 150 Å². The first-order chi connectivity index (χ1) is 11.5. The van der Waals surface area contributed by atoms with Gasteiger partial charge in [0.15, 0.2) is 17.1 Å². The third kappa shape index (κ3) is 2.78. The van der Waals surface area contributed by atoms with Crippen LogP contribution in [0.15, 0.2) is 34.9 Å². The molecule has 4 heteroatoms. The minimum atomic E-state index is -2.06. The highest BCUT2D eigenvalue weighted by Crippen LogP contribution is 2.45. The summed E-state index contributed by atoms with van der Waals surface area (Å²) in [7, 11) is -2.06. The van der Waals surface area contributed by atoms with Gasteiger partial charge in [-0.3, -0.25) is 4.79 Å². The lowest BCUT2D eigenvalue weighted by molar-refractivity contribution is 0.101. The Morgan fingerprint density at radius 2 is 1.72 bits per heavy atom. The van der Waals surface area contributed by atoms with Gasteiger partial charge in [-0.15, -0.1) is 0 Å². The molecule has 0 fully saturated rings. The van der Waals surface area contributed by atoms with E-state index in [-0.39, 0.29) is 10.8 Å². The second-order valence-electron chi connectivity index (χ2n) is 8.27. The number of carbonyl (C=O) groups is 1. The summed E-state index contributed by atoms with van der Waals surface area (Å²) in [5, 5.41) is 3.09. The fraction of sp³-hybridized carbons (Fsp3) is 0.381. The van der Waals surface area contributed by atoms with Gasteiger partial charge in [-0.1, -0.05) is 45.0 Å². The van der Waals surface area contributed by atoms with E-state index in [1.54, 1.807) is 13.2 Å². The van der Waals surface area contributed by atoms with Crippen LogP contribution in [-0.2, 0) is 0 Å². The summed E-state index contributed by atoms with van der Waals surface area (Å²) in [6, 6.07) is 8.19. The summed E-state index contributed by atoms with van der Waals surface area (Å²) >= 11 is 0. The normalized spacial score (nSPS) is 12.8. The lowest BCUT2D eigenvalue weighted by atomic mass is 9.97. The second kappa shape index (κ2) is 5.73. The lowest BCUT2D eigenvalue weighted by Crippen LogP contribution is -2.43. The van der Waals surface area contributed by atoms with Gasteiger partial charge in [-0.25, -0.2) is 0 Å². The van der Waals surface area contributed by atoms with Crippen LogP contribution in [0.3, 0.4) is 0 Å². The molecule has 1 heterocycles. The first-order valence-electron chi connectivity index (χ1n) is 8.67. The van der Waals surface area contributed by atoms with Crippen LogP contribution in [0, 0.1) is 6.92 Å². The number of rotatable bonds is 3. The van der Waals surface area contributed by atoms with Crippen LogP contribution >= 0.6 is 0 Å². The number of hydrogen-bond acceptors (Lipinski definition) is 3. The fourth-order valence-electron chi connectivity index (χ4n) is 2.93. The maximum absolute atomic E-state index is 12.1. The van der Waals surface area contributed by atoms with E-state index >= 15 is 0 Å². The topological polar surface area (TPSA) is 39.4 Å². The molecule has 0 aliphatic carbocycles. The molecule has 0 aliphatic heterocycles. The molecule has 3 aromatic rings. The van der Waals surface area contributed by atoms with Crippen molar-refractivity contribution in [3.8, 4) is 5.75 Å². The van der Waals surface area contributed by atoms with E-state index in [1.165, 1.54) is 0 Å². The van der Waals surface area contributed by atoms with Crippen LogP contribution < -0.4 is 4.43 Å². The van der Waals surface area contributed by atoms with E-state index in [9.17, 15) is 4.79 Å². The zero-order valence-corrected chi connectivity index (χ0v) is 17.1. The Bertz CT molecular complexity index is 974. The van der Waals surface area contributed by atoms with Gasteiger partial charge >= 0.3 is 0 Å². The smallest absolute Gasteiger partial charge is 0.250 e. The molecular formula is C21H26O3Si. The van der Waals surface area contributed by atoms with Gasteiger partial charge in [0.25, 0.3) is 8.32 Å². The quantitative estimate of drug-likeness (QED) is 0.399. The molecule has 0 radical (unpaired) electrons. The Morgan fingerprint density at radius 3 is 2.28 bits per heavy atom. The summed E-state index contributed by atoms with van der Waals surface area (Å²) < 4.78 is 12.5. The molecule has 25 heavy (non-hydrogen) atoms. The molecule has 3 rings (SSSR count). The van der Waals surface area contributed by atoms with Crippen molar-refractivity contribution in [3.05, 3.63) is 41.7 Å². The van der Waals surface area contributed by atoms with Gasteiger partial charge in [-0.2, -0.15) is 0 Å². The number of aryl methyl sites for hydroxylation is 1. The summed E-state index contributed by atoms with van der Waals surface area (Å²) in [5.74, 6) is 0.783. The molecule has 3 nitrogen and oxygen atoms in total. The molecule has 0 spiro atoms.